The number of hydrogen-bond donors (Lipinski definition) is 1. The summed E-state index contributed by atoms with van der Waals surface area (Å²) in [5.41, 5.74) is -0.490. The fourth-order valence-electron chi connectivity index (χ4n) is 1.64. The molecule has 1 amide bonds. The number of halogens is 2. The van der Waals surface area contributed by atoms with Gasteiger partial charge in [-0.3, -0.25) is 4.18 Å². The third-order valence-electron chi connectivity index (χ3n) is 2.43. The number of alkyl carbamates (subject to hydrolysis) is 1. The van der Waals surface area contributed by atoms with E-state index in [-0.39, 0.29) is 10.6 Å². The molecule has 1 aromatic rings. The van der Waals surface area contributed by atoms with Gasteiger partial charge >= 0.3 is 6.09 Å². The number of amides is 1. The molecule has 0 unspecified atom stereocenters. The van der Waals surface area contributed by atoms with Crippen molar-refractivity contribution in [3.05, 3.63) is 34.6 Å². The van der Waals surface area contributed by atoms with E-state index in [0.717, 1.165) is 18.4 Å². The van der Waals surface area contributed by atoms with Crippen molar-refractivity contribution < 1.29 is 26.5 Å². The summed E-state index contributed by atoms with van der Waals surface area (Å²) >= 11 is 5.78. The zero-order chi connectivity index (χ0) is 17.8. The molecule has 0 bridgehead atoms. The van der Waals surface area contributed by atoms with Gasteiger partial charge in [0, 0.05) is 5.02 Å². The highest BCUT2D eigenvalue weighted by Crippen LogP contribution is 2.21. The molecular weight excluding hydrogens is 349 g/mol. The molecule has 0 aliphatic heterocycles. The van der Waals surface area contributed by atoms with Crippen LogP contribution >= 0.6 is 11.6 Å². The number of nitrogens with one attached hydrogen (secondary N) is 1. The summed E-state index contributed by atoms with van der Waals surface area (Å²) in [6.45, 7) is 4.60. The highest BCUT2D eigenvalue weighted by Gasteiger charge is 2.22. The maximum Gasteiger partial charge on any atom is 0.408 e. The molecule has 0 aromatic heterocycles. The molecule has 0 fully saturated rings. The molecule has 0 aliphatic rings. The minimum atomic E-state index is -3.74. The van der Waals surface area contributed by atoms with Gasteiger partial charge in [-0.1, -0.05) is 11.6 Å². The Morgan fingerprint density at radius 1 is 1.35 bits per heavy atom. The lowest BCUT2D eigenvalue weighted by Gasteiger charge is -2.23. The molecule has 0 saturated carbocycles. The summed E-state index contributed by atoms with van der Waals surface area (Å²) in [6.07, 6.45) is 0.0794. The molecule has 1 aromatic carbocycles. The van der Waals surface area contributed by atoms with Crippen LogP contribution in [0, 0.1) is 5.82 Å². The molecule has 0 radical (unpaired) electrons. The van der Waals surface area contributed by atoms with Crippen LogP contribution in [-0.4, -0.2) is 33.0 Å². The summed E-state index contributed by atoms with van der Waals surface area (Å²) in [5, 5.41) is 2.55. The van der Waals surface area contributed by atoms with E-state index in [1.165, 1.54) is 6.07 Å². The lowest BCUT2D eigenvalue weighted by molar-refractivity contribution is 0.0487. The number of ether oxygens (including phenoxy) is 1. The second kappa shape index (κ2) is 7.46. The first-order chi connectivity index (χ1) is 10.4. The molecule has 0 aliphatic carbocycles. The summed E-state index contributed by atoms with van der Waals surface area (Å²) in [5.74, 6) is -0.622. The molecule has 9 heteroatoms. The Morgan fingerprint density at radius 3 is 2.43 bits per heavy atom. The molecule has 23 heavy (non-hydrogen) atoms. The van der Waals surface area contributed by atoms with Gasteiger partial charge in [0.1, 0.15) is 11.4 Å². The van der Waals surface area contributed by atoms with Crippen molar-refractivity contribution in [3.63, 3.8) is 0 Å². The summed E-state index contributed by atoms with van der Waals surface area (Å²) in [7, 11) is -3.74. The average Bonchev–Trinajstić information content (AvgIpc) is 2.29. The van der Waals surface area contributed by atoms with Crippen molar-refractivity contribution in [1.82, 2.24) is 5.32 Å². The zero-order valence-corrected chi connectivity index (χ0v) is 14.8. The van der Waals surface area contributed by atoms with Gasteiger partial charge in [0.05, 0.1) is 18.9 Å². The van der Waals surface area contributed by atoms with E-state index in [9.17, 15) is 17.6 Å². The maximum absolute atomic E-state index is 13.5. The molecule has 130 valence electrons. The van der Waals surface area contributed by atoms with E-state index < -0.39 is 40.3 Å². The summed E-state index contributed by atoms with van der Waals surface area (Å²) in [4.78, 5) is 11.9. The highest BCUT2D eigenvalue weighted by molar-refractivity contribution is 7.85. The van der Waals surface area contributed by atoms with E-state index in [2.05, 4.69) is 5.32 Å². The van der Waals surface area contributed by atoms with Crippen molar-refractivity contribution in [2.75, 3.05) is 12.9 Å². The number of hydrogen-bond acceptors (Lipinski definition) is 5. The van der Waals surface area contributed by atoms with Crippen LogP contribution in [0.15, 0.2) is 18.2 Å². The van der Waals surface area contributed by atoms with Crippen LogP contribution in [-0.2, 0) is 19.0 Å². The molecule has 0 heterocycles. The molecule has 0 spiro atoms. The smallest absolute Gasteiger partial charge is 0.408 e. The Morgan fingerprint density at radius 2 is 1.96 bits per heavy atom. The van der Waals surface area contributed by atoms with E-state index in [1.807, 2.05) is 0 Å². The van der Waals surface area contributed by atoms with Crippen LogP contribution < -0.4 is 5.32 Å². The van der Waals surface area contributed by atoms with Crippen LogP contribution in [0.3, 0.4) is 0 Å². The van der Waals surface area contributed by atoms with Crippen LogP contribution in [0.5, 0.6) is 0 Å². The summed E-state index contributed by atoms with van der Waals surface area (Å²) in [6, 6.07) is 2.66. The number of carbonyl (C=O) groups is 1. The lowest BCUT2D eigenvalue weighted by atomic mass is 10.1. The molecule has 6 nitrogen and oxygen atoms in total. The number of carbonyl (C=O) groups excluding carboxylic acids is 1. The van der Waals surface area contributed by atoms with Crippen LogP contribution in [0.4, 0.5) is 9.18 Å². The van der Waals surface area contributed by atoms with Gasteiger partial charge in [0.25, 0.3) is 10.1 Å². The molecule has 0 saturated heterocycles. The third-order valence-corrected chi connectivity index (χ3v) is 3.21. The van der Waals surface area contributed by atoms with Gasteiger partial charge in [-0.2, -0.15) is 8.42 Å². The van der Waals surface area contributed by atoms with Crippen molar-refractivity contribution in [2.24, 2.45) is 0 Å². The van der Waals surface area contributed by atoms with Gasteiger partial charge in [0.2, 0.25) is 0 Å². The third kappa shape index (κ3) is 8.15. The molecular formula is C14H19ClFNO5S. The Labute approximate surface area is 140 Å². The Balaban J connectivity index is 2.99. The minimum Gasteiger partial charge on any atom is -0.444 e. The normalized spacial score (nSPS) is 13.5. The maximum atomic E-state index is 13.5. The fourth-order valence-corrected chi connectivity index (χ4v) is 2.25. The fraction of sp³-hybridized carbons (Fsp3) is 0.500. The van der Waals surface area contributed by atoms with Crippen LogP contribution in [0.1, 0.15) is 32.4 Å². The first-order valence-corrected chi connectivity index (χ1v) is 8.85. The number of benzene rings is 1. The number of rotatable bonds is 5. The average molecular weight is 368 g/mol. The monoisotopic (exact) mass is 367 g/mol. The van der Waals surface area contributed by atoms with Gasteiger partial charge < -0.3 is 10.1 Å². The first-order valence-electron chi connectivity index (χ1n) is 6.65. The highest BCUT2D eigenvalue weighted by atomic mass is 35.5. The Kier molecular flexibility index (Phi) is 6.38. The molecule has 1 N–H and O–H groups in total. The quantitative estimate of drug-likeness (QED) is 0.809. The minimum absolute atomic E-state index is 0.107. The standard InChI is InChI=1S/C14H19ClFNO5S/c1-14(2,3)22-13(18)17-12(8-21-23(4,19)20)9-5-10(15)7-11(16)6-9/h5-7,12H,8H2,1-4H3,(H,17,18)/t12-/m1/s1. The van der Waals surface area contributed by atoms with Crippen LogP contribution in [0.2, 0.25) is 5.02 Å². The lowest BCUT2D eigenvalue weighted by Crippen LogP contribution is -2.37. The molecule has 1 atom stereocenters. The van der Waals surface area contributed by atoms with Gasteiger partial charge in [0.15, 0.2) is 0 Å². The molecule has 1 rings (SSSR count). The SMILES string of the molecule is CC(C)(C)OC(=O)N[C@H](COS(C)(=O)=O)c1cc(F)cc(Cl)c1. The van der Waals surface area contributed by atoms with Gasteiger partial charge in [-0.15, -0.1) is 0 Å². The van der Waals surface area contributed by atoms with Crippen molar-refractivity contribution >= 4 is 27.8 Å². The topological polar surface area (TPSA) is 81.7 Å². The van der Waals surface area contributed by atoms with Crippen molar-refractivity contribution in [3.8, 4) is 0 Å². The zero-order valence-electron chi connectivity index (χ0n) is 13.2. The summed E-state index contributed by atoms with van der Waals surface area (Å²) < 4.78 is 45.6. The van der Waals surface area contributed by atoms with E-state index in [0.29, 0.717) is 0 Å². The largest absolute Gasteiger partial charge is 0.444 e. The Bertz CT molecular complexity index is 652. The second-order valence-corrected chi connectivity index (χ2v) is 7.97. The van der Waals surface area contributed by atoms with Gasteiger partial charge in [-0.25, -0.2) is 9.18 Å². The van der Waals surface area contributed by atoms with Gasteiger partial charge in [-0.05, 0) is 44.5 Å². The predicted octanol–water partition coefficient (Wildman–Crippen LogP) is 3.02. The van der Waals surface area contributed by atoms with E-state index >= 15 is 0 Å². The van der Waals surface area contributed by atoms with Crippen LogP contribution in [0.25, 0.3) is 0 Å². The van der Waals surface area contributed by atoms with E-state index in [4.69, 9.17) is 20.5 Å². The van der Waals surface area contributed by atoms with Crippen molar-refractivity contribution in [1.29, 1.82) is 0 Å². The van der Waals surface area contributed by atoms with Crippen molar-refractivity contribution in [2.45, 2.75) is 32.4 Å². The predicted molar refractivity (Wildman–Crippen MR) is 84.3 cm³/mol. The van der Waals surface area contributed by atoms with E-state index in [1.54, 1.807) is 20.8 Å². The second-order valence-electron chi connectivity index (χ2n) is 5.89. The first kappa shape index (κ1) is 19.7. The Hall–Kier alpha value is -1.38.